The molecule has 0 aliphatic carbocycles. The van der Waals surface area contributed by atoms with Crippen molar-refractivity contribution in [1.82, 2.24) is 4.98 Å². The van der Waals surface area contributed by atoms with Crippen LogP contribution >= 0.6 is 11.8 Å². The van der Waals surface area contributed by atoms with Crippen LogP contribution in [0.3, 0.4) is 0 Å². The van der Waals surface area contributed by atoms with E-state index >= 15 is 0 Å². The Kier molecular flexibility index (Phi) is 3.90. The molecular weight excluding hydrogens is 174 g/mol. The summed E-state index contributed by atoms with van der Waals surface area (Å²) in [7, 11) is 1.61. The molecule has 0 aliphatic rings. The van der Waals surface area contributed by atoms with Crippen molar-refractivity contribution < 1.29 is 9.84 Å². The molecule has 0 aromatic carbocycles. The molecule has 1 aromatic rings. The quantitative estimate of drug-likeness (QED) is 0.715. The van der Waals surface area contributed by atoms with Gasteiger partial charge in [0.25, 0.3) is 0 Å². The summed E-state index contributed by atoms with van der Waals surface area (Å²) < 4.78 is 4.95. The second-order valence-corrected chi connectivity index (χ2v) is 3.22. The van der Waals surface area contributed by atoms with E-state index in [1.54, 1.807) is 13.3 Å². The highest BCUT2D eigenvalue weighted by Gasteiger charge is 1.95. The Labute approximate surface area is 75.8 Å². The molecule has 0 amide bonds. The van der Waals surface area contributed by atoms with E-state index in [0.717, 1.165) is 10.8 Å². The number of rotatable bonds is 4. The zero-order chi connectivity index (χ0) is 8.81. The SMILES string of the molecule is COc1ccc(SCCO)nc1. The highest BCUT2D eigenvalue weighted by Crippen LogP contribution is 2.17. The molecule has 1 aromatic heterocycles. The van der Waals surface area contributed by atoms with Crippen LogP contribution in [0, 0.1) is 0 Å². The summed E-state index contributed by atoms with van der Waals surface area (Å²) in [4.78, 5) is 4.11. The minimum absolute atomic E-state index is 0.179. The molecule has 0 bridgehead atoms. The highest BCUT2D eigenvalue weighted by atomic mass is 32.2. The first-order chi connectivity index (χ1) is 5.86. The van der Waals surface area contributed by atoms with E-state index < -0.39 is 0 Å². The van der Waals surface area contributed by atoms with Crippen LogP contribution in [0.2, 0.25) is 0 Å². The van der Waals surface area contributed by atoms with Crippen LogP contribution in [0.5, 0.6) is 5.75 Å². The van der Waals surface area contributed by atoms with Crippen molar-refractivity contribution in [2.45, 2.75) is 5.03 Å². The topological polar surface area (TPSA) is 42.4 Å². The van der Waals surface area contributed by atoms with Crippen LogP contribution in [0.15, 0.2) is 23.4 Å². The molecule has 1 rings (SSSR count). The number of aromatic nitrogens is 1. The summed E-state index contributed by atoms with van der Waals surface area (Å²) >= 11 is 1.52. The number of ether oxygens (including phenoxy) is 1. The van der Waals surface area contributed by atoms with Gasteiger partial charge in [0.2, 0.25) is 0 Å². The van der Waals surface area contributed by atoms with Crippen LogP contribution < -0.4 is 4.74 Å². The fraction of sp³-hybridized carbons (Fsp3) is 0.375. The fourth-order valence-electron chi connectivity index (χ4n) is 0.723. The van der Waals surface area contributed by atoms with Gasteiger partial charge in [0, 0.05) is 5.75 Å². The lowest BCUT2D eigenvalue weighted by Crippen LogP contribution is -1.88. The molecule has 0 saturated carbocycles. The van der Waals surface area contributed by atoms with Crippen molar-refractivity contribution in [2.24, 2.45) is 0 Å². The van der Waals surface area contributed by atoms with Gasteiger partial charge in [-0.15, -0.1) is 11.8 Å². The Bertz CT molecular complexity index is 225. The Morgan fingerprint density at radius 3 is 2.92 bits per heavy atom. The van der Waals surface area contributed by atoms with Crippen molar-refractivity contribution >= 4 is 11.8 Å². The van der Waals surface area contributed by atoms with E-state index in [2.05, 4.69) is 4.98 Å². The first-order valence-electron chi connectivity index (χ1n) is 3.60. The molecule has 4 heteroatoms. The largest absolute Gasteiger partial charge is 0.495 e. The molecule has 66 valence electrons. The number of methoxy groups -OCH3 is 1. The molecule has 0 radical (unpaired) electrons. The van der Waals surface area contributed by atoms with Gasteiger partial charge in [-0.3, -0.25) is 0 Å². The van der Waals surface area contributed by atoms with Crippen LogP contribution in [0.4, 0.5) is 0 Å². The summed E-state index contributed by atoms with van der Waals surface area (Å²) in [5.41, 5.74) is 0. The molecule has 0 unspecified atom stereocenters. The Balaban J connectivity index is 2.53. The molecule has 0 saturated heterocycles. The van der Waals surface area contributed by atoms with E-state index in [1.165, 1.54) is 11.8 Å². The number of nitrogens with zero attached hydrogens (tertiary/aromatic N) is 1. The van der Waals surface area contributed by atoms with Gasteiger partial charge in [0.15, 0.2) is 0 Å². The summed E-state index contributed by atoms with van der Waals surface area (Å²) in [6, 6.07) is 3.73. The molecule has 3 nitrogen and oxygen atoms in total. The molecule has 1 N–H and O–H groups in total. The minimum Gasteiger partial charge on any atom is -0.495 e. The smallest absolute Gasteiger partial charge is 0.137 e. The molecule has 0 fully saturated rings. The first-order valence-corrected chi connectivity index (χ1v) is 4.59. The number of thioether (sulfide) groups is 1. The lowest BCUT2D eigenvalue weighted by Gasteiger charge is -2.00. The zero-order valence-corrected chi connectivity index (χ0v) is 7.67. The molecule has 0 spiro atoms. The van der Waals surface area contributed by atoms with E-state index in [1.807, 2.05) is 12.1 Å². The van der Waals surface area contributed by atoms with Gasteiger partial charge in [-0.25, -0.2) is 4.98 Å². The summed E-state index contributed by atoms with van der Waals surface area (Å²) in [5.74, 6) is 1.43. The normalized spacial score (nSPS) is 9.83. The highest BCUT2D eigenvalue weighted by molar-refractivity contribution is 7.99. The van der Waals surface area contributed by atoms with Crippen LogP contribution in [-0.4, -0.2) is 29.6 Å². The second kappa shape index (κ2) is 5.00. The molecule has 0 aliphatic heterocycles. The summed E-state index contributed by atoms with van der Waals surface area (Å²) in [6.07, 6.45) is 1.67. The van der Waals surface area contributed by atoms with Gasteiger partial charge in [-0.1, -0.05) is 0 Å². The van der Waals surface area contributed by atoms with Crippen molar-refractivity contribution in [2.75, 3.05) is 19.5 Å². The molecule has 0 atom stereocenters. The van der Waals surface area contributed by atoms with Gasteiger partial charge >= 0.3 is 0 Å². The van der Waals surface area contributed by atoms with Crippen LogP contribution in [-0.2, 0) is 0 Å². The lowest BCUT2D eigenvalue weighted by atomic mass is 10.5. The van der Waals surface area contributed by atoms with Crippen molar-refractivity contribution in [1.29, 1.82) is 0 Å². The second-order valence-electron chi connectivity index (χ2n) is 2.11. The van der Waals surface area contributed by atoms with Gasteiger partial charge in [-0.2, -0.15) is 0 Å². The summed E-state index contributed by atoms with van der Waals surface area (Å²) in [5, 5.41) is 9.46. The van der Waals surface area contributed by atoms with Gasteiger partial charge in [0.05, 0.1) is 24.9 Å². The average molecular weight is 185 g/mol. The number of aliphatic hydroxyl groups excluding tert-OH is 1. The number of aliphatic hydroxyl groups is 1. The molecule has 12 heavy (non-hydrogen) atoms. The first kappa shape index (κ1) is 9.35. The number of hydrogen-bond acceptors (Lipinski definition) is 4. The molecule has 1 heterocycles. The van der Waals surface area contributed by atoms with Crippen LogP contribution in [0.1, 0.15) is 0 Å². The summed E-state index contributed by atoms with van der Waals surface area (Å²) in [6.45, 7) is 0.179. The van der Waals surface area contributed by atoms with Crippen LogP contribution in [0.25, 0.3) is 0 Å². The maximum atomic E-state index is 8.56. The standard InChI is InChI=1S/C8H11NO2S/c1-11-7-2-3-8(9-6-7)12-5-4-10/h2-3,6,10H,4-5H2,1H3. The minimum atomic E-state index is 0.179. The van der Waals surface area contributed by atoms with Gasteiger partial charge in [-0.05, 0) is 12.1 Å². The number of pyridine rings is 1. The van der Waals surface area contributed by atoms with Crippen molar-refractivity contribution in [3.8, 4) is 5.75 Å². The Morgan fingerprint density at radius 1 is 1.58 bits per heavy atom. The predicted molar refractivity (Wildman–Crippen MR) is 48.6 cm³/mol. The predicted octanol–water partition coefficient (Wildman–Crippen LogP) is 1.17. The maximum absolute atomic E-state index is 8.56. The maximum Gasteiger partial charge on any atom is 0.137 e. The van der Waals surface area contributed by atoms with E-state index in [-0.39, 0.29) is 6.61 Å². The zero-order valence-electron chi connectivity index (χ0n) is 6.86. The number of hydrogen-bond donors (Lipinski definition) is 1. The van der Waals surface area contributed by atoms with E-state index in [9.17, 15) is 0 Å². The third-order valence-corrected chi connectivity index (χ3v) is 2.21. The van der Waals surface area contributed by atoms with E-state index in [0.29, 0.717) is 5.75 Å². The Hall–Kier alpha value is -0.740. The fourth-order valence-corrected chi connectivity index (χ4v) is 1.31. The molecular formula is C8H11NO2S. The van der Waals surface area contributed by atoms with Gasteiger partial charge < -0.3 is 9.84 Å². The van der Waals surface area contributed by atoms with Crippen molar-refractivity contribution in [3.63, 3.8) is 0 Å². The van der Waals surface area contributed by atoms with E-state index in [4.69, 9.17) is 9.84 Å². The Morgan fingerprint density at radius 2 is 2.42 bits per heavy atom. The lowest BCUT2D eigenvalue weighted by molar-refractivity contribution is 0.322. The average Bonchev–Trinajstić information content (AvgIpc) is 2.15. The van der Waals surface area contributed by atoms with Gasteiger partial charge in [0.1, 0.15) is 5.75 Å². The monoisotopic (exact) mass is 185 g/mol. The van der Waals surface area contributed by atoms with Crippen molar-refractivity contribution in [3.05, 3.63) is 18.3 Å². The third kappa shape index (κ3) is 2.71. The third-order valence-electron chi connectivity index (χ3n) is 1.29.